The van der Waals surface area contributed by atoms with Crippen LogP contribution >= 0.6 is 0 Å². The molecule has 4 aromatic rings. The maximum atomic E-state index is 13.3. The predicted octanol–water partition coefficient (Wildman–Crippen LogP) is 3.58. The first-order valence-electron chi connectivity index (χ1n) is 17.2. The van der Waals surface area contributed by atoms with E-state index in [1.807, 2.05) is 12.1 Å². The first kappa shape index (κ1) is 32.9. The number of aliphatic carboxylic acids is 1. The zero-order chi connectivity index (χ0) is 34.3. The van der Waals surface area contributed by atoms with Crippen LogP contribution in [-0.2, 0) is 16.9 Å². The van der Waals surface area contributed by atoms with Gasteiger partial charge in [-0.1, -0.05) is 12.1 Å². The number of carboxylic acids is 1. The number of benzene rings is 1. The van der Waals surface area contributed by atoms with Crippen molar-refractivity contribution >= 4 is 34.3 Å². The largest absolute Gasteiger partial charge is 0.481 e. The van der Waals surface area contributed by atoms with Gasteiger partial charge >= 0.3 is 5.97 Å². The van der Waals surface area contributed by atoms with Crippen LogP contribution in [0, 0.1) is 5.92 Å². The van der Waals surface area contributed by atoms with E-state index in [1.54, 1.807) is 42.8 Å². The molecule has 3 aromatic heterocycles. The molecule has 5 heterocycles. The molecular weight excluding hydrogens is 622 g/mol. The Morgan fingerprint density at radius 3 is 2.33 bits per heavy atom. The van der Waals surface area contributed by atoms with Crippen molar-refractivity contribution < 1.29 is 15.0 Å². The molecule has 3 aliphatic rings. The minimum absolute atomic E-state index is 0.145. The van der Waals surface area contributed by atoms with Gasteiger partial charge in [0.05, 0.1) is 18.2 Å². The fourth-order valence-electron chi connectivity index (χ4n) is 7.42. The minimum Gasteiger partial charge on any atom is -0.481 e. The number of pyridine rings is 1. The molecule has 0 atom stereocenters. The van der Waals surface area contributed by atoms with Crippen molar-refractivity contribution in [3.05, 3.63) is 77.4 Å². The zero-order valence-electron chi connectivity index (χ0n) is 28.2. The summed E-state index contributed by atoms with van der Waals surface area (Å²) in [6, 6.07) is 14.6. The molecular formula is C36H45N9O4. The smallest absolute Gasteiger partial charge is 0.306 e. The molecule has 49 heavy (non-hydrogen) atoms. The van der Waals surface area contributed by atoms with Crippen molar-refractivity contribution in [1.82, 2.24) is 34.1 Å². The van der Waals surface area contributed by atoms with Crippen LogP contribution in [0.2, 0.25) is 0 Å². The van der Waals surface area contributed by atoms with Crippen LogP contribution in [0.3, 0.4) is 0 Å². The van der Waals surface area contributed by atoms with Gasteiger partial charge in [-0.2, -0.15) is 4.98 Å². The van der Waals surface area contributed by atoms with Crippen LogP contribution in [0.5, 0.6) is 0 Å². The summed E-state index contributed by atoms with van der Waals surface area (Å²) in [5.41, 5.74) is 1.46. The van der Waals surface area contributed by atoms with Crippen molar-refractivity contribution in [2.75, 3.05) is 49.5 Å². The molecule has 0 amide bonds. The van der Waals surface area contributed by atoms with Gasteiger partial charge in [0.1, 0.15) is 11.0 Å². The highest BCUT2D eigenvalue weighted by molar-refractivity contribution is 5.77. The highest BCUT2D eigenvalue weighted by atomic mass is 16.4. The number of fused-ring (bicyclic) bond motifs is 1. The fourth-order valence-corrected chi connectivity index (χ4v) is 7.42. The number of piperazine rings is 1. The maximum Gasteiger partial charge on any atom is 0.306 e. The first-order chi connectivity index (χ1) is 23.6. The van der Waals surface area contributed by atoms with Gasteiger partial charge in [0, 0.05) is 55.8 Å². The van der Waals surface area contributed by atoms with Gasteiger partial charge in [-0.3, -0.25) is 14.5 Å². The van der Waals surface area contributed by atoms with Crippen LogP contribution in [0.15, 0.2) is 66.1 Å². The molecule has 3 fully saturated rings. The van der Waals surface area contributed by atoms with Gasteiger partial charge in [0.25, 0.3) is 5.56 Å². The molecule has 1 aliphatic carbocycles. The van der Waals surface area contributed by atoms with Gasteiger partial charge in [-0.15, -0.1) is 6.58 Å². The van der Waals surface area contributed by atoms with Crippen LogP contribution < -0.4 is 15.8 Å². The van der Waals surface area contributed by atoms with E-state index in [4.69, 9.17) is 4.98 Å². The summed E-state index contributed by atoms with van der Waals surface area (Å²) in [5.74, 6) is 0.0161. The summed E-state index contributed by atoms with van der Waals surface area (Å²) >= 11 is 0. The van der Waals surface area contributed by atoms with E-state index in [1.165, 1.54) is 16.6 Å². The number of allylic oxidation sites excluding steroid dienone is 1. The molecule has 3 N–H and O–H groups in total. The summed E-state index contributed by atoms with van der Waals surface area (Å²) in [6.07, 6.45) is 7.09. The van der Waals surface area contributed by atoms with Crippen molar-refractivity contribution in [1.29, 1.82) is 0 Å². The number of carbonyl (C=O) groups is 1. The van der Waals surface area contributed by atoms with Gasteiger partial charge in [0.15, 0.2) is 11.5 Å². The summed E-state index contributed by atoms with van der Waals surface area (Å²) in [4.78, 5) is 45.9. The topological polar surface area (TPSA) is 145 Å². The lowest BCUT2D eigenvalue weighted by Crippen LogP contribution is -2.56. The van der Waals surface area contributed by atoms with E-state index in [-0.39, 0.29) is 18.0 Å². The molecule has 13 nitrogen and oxygen atoms in total. The van der Waals surface area contributed by atoms with E-state index in [0.29, 0.717) is 40.6 Å². The lowest BCUT2D eigenvalue weighted by Gasteiger charge is -2.47. The van der Waals surface area contributed by atoms with Gasteiger partial charge in [-0.25, -0.2) is 19.3 Å². The summed E-state index contributed by atoms with van der Waals surface area (Å²) < 4.78 is 3.16. The Morgan fingerprint density at radius 2 is 1.67 bits per heavy atom. The number of carboxylic acid groups (broad SMARTS) is 1. The van der Waals surface area contributed by atoms with E-state index in [2.05, 4.69) is 48.7 Å². The zero-order valence-corrected chi connectivity index (χ0v) is 28.2. The van der Waals surface area contributed by atoms with Gasteiger partial charge < -0.3 is 25.3 Å². The second-order valence-electron chi connectivity index (χ2n) is 14.0. The number of hydrogen-bond acceptors (Lipinski definition) is 10. The minimum atomic E-state index is -1.16. The van der Waals surface area contributed by atoms with Crippen LogP contribution in [0.4, 0.5) is 17.3 Å². The van der Waals surface area contributed by atoms with Gasteiger partial charge in [-0.05, 0) is 89.0 Å². The van der Waals surface area contributed by atoms with Crippen LogP contribution in [0.1, 0.15) is 45.2 Å². The van der Waals surface area contributed by atoms with Crippen molar-refractivity contribution in [2.45, 2.75) is 63.8 Å². The average Bonchev–Trinajstić information content (AvgIpc) is 3.34. The summed E-state index contributed by atoms with van der Waals surface area (Å²) in [5, 5.41) is 23.4. The number of hydrogen-bond donors (Lipinski definition) is 3. The molecule has 1 saturated carbocycles. The number of anilines is 3. The Balaban J connectivity index is 0.991. The second kappa shape index (κ2) is 13.4. The molecule has 7 rings (SSSR count). The van der Waals surface area contributed by atoms with E-state index in [9.17, 15) is 19.8 Å². The number of nitrogens with one attached hydrogen (secondary N) is 1. The molecule has 0 radical (unpaired) electrons. The Bertz CT molecular complexity index is 1880. The number of aliphatic hydroxyl groups is 1. The predicted molar refractivity (Wildman–Crippen MR) is 189 cm³/mol. The third-order valence-electron chi connectivity index (χ3n) is 10.4. The summed E-state index contributed by atoms with van der Waals surface area (Å²) in [6.45, 7) is 13.5. The van der Waals surface area contributed by atoms with Crippen molar-refractivity contribution in [3.8, 4) is 5.82 Å². The fraction of sp³-hybridized carbons (Fsp3) is 0.472. The quantitative estimate of drug-likeness (QED) is 0.214. The molecule has 0 spiro atoms. The number of rotatable bonds is 10. The Labute approximate surface area is 285 Å². The first-order valence-corrected chi connectivity index (χ1v) is 17.2. The molecule has 2 saturated heterocycles. The Kier molecular flexibility index (Phi) is 8.99. The van der Waals surface area contributed by atoms with E-state index < -0.39 is 11.6 Å². The molecule has 0 bridgehead atoms. The average molecular weight is 668 g/mol. The third kappa shape index (κ3) is 6.70. The second-order valence-corrected chi connectivity index (χ2v) is 14.0. The third-order valence-corrected chi connectivity index (χ3v) is 10.4. The molecule has 13 heteroatoms. The van der Waals surface area contributed by atoms with Gasteiger partial charge in [0.2, 0.25) is 5.95 Å². The highest BCUT2D eigenvalue weighted by Crippen LogP contribution is 2.34. The standard InChI is InChI=1S/C36H45N9O4/c1-4-14-44-33(46)29-23-37-35(40-32(29)45(44)31-7-5-6-30(39-31)36(2,3)49)38-25-8-10-26(11-9-25)42-17-19-43(20-18-42)27-12-15-41(16-13-27)28-21-24(22-28)34(47)48/h4-11,23-24,27-28,49H,1,12-22H2,2-3H3,(H,47,48)(H,37,38,40). The number of piperidine rings is 1. The maximum absolute atomic E-state index is 13.3. The molecule has 0 unspecified atom stereocenters. The number of nitrogens with zero attached hydrogens (tertiary/aromatic N) is 8. The molecule has 2 aliphatic heterocycles. The Hall–Kier alpha value is -4.59. The summed E-state index contributed by atoms with van der Waals surface area (Å²) in [7, 11) is 0. The Morgan fingerprint density at radius 1 is 0.980 bits per heavy atom. The number of likely N-dealkylation sites (tertiary alicyclic amines) is 1. The molecule has 1 aromatic carbocycles. The number of aromatic nitrogens is 5. The normalized spacial score (nSPS) is 21.1. The van der Waals surface area contributed by atoms with Crippen LogP contribution in [-0.4, -0.2) is 102 Å². The highest BCUT2D eigenvalue weighted by Gasteiger charge is 2.39. The SMILES string of the molecule is C=CCn1c(=O)c2cnc(Nc3ccc(N4CCN(C5CCN(C6CC(C(=O)O)C6)CC5)CC4)cc3)nc2n1-c1cccc(C(C)(C)O)n1. The van der Waals surface area contributed by atoms with E-state index in [0.717, 1.165) is 70.6 Å². The molecule has 258 valence electrons. The van der Waals surface area contributed by atoms with E-state index >= 15 is 0 Å². The lowest BCUT2D eigenvalue weighted by atomic mass is 9.78. The van der Waals surface area contributed by atoms with Crippen molar-refractivity contribution in [2.24, 2.45) is 5.92 Å². The lowest BCUT2D eigenvalue weighted by molar-refractivity contribution is -0.147. The van der Waals surface area contributed by atoms with Crippen LogP contribution in [0.25, 0.3) is 16.9 Å². The monoisotopic (exact) mass is 667 g/mol. The van der Waals surface area contributed by atoms with Crippen molar-refractivity contribution in [3.63, 3.8) is 0 Å².